The van der Waals surface area contributed by atoms with Gasteiger partial charge >= 0.3 is 5.76 Å². The molecule has 0 amide bonds. The summed E-state index contributed by atoms with van der Waals surface area (Å²) < 4.78 is 34.3. The number of nitrogens with one attached hydrogen (secondary N) is 2. The van der Waals surface area contributed by atoms with Gasteiger partial charge in [-0.2, -0.15) is 13.5 Å². The van der Waals surface area contributed by atoms with E-state index >= 15 is 0 Å². The number of phenols is 1. The maximum Gasteiger partial charge on any atom is 0.417 e. The number of fused-ring (bicyclic) bond motifs is 1. The second-order valence-electron chi connectivity index (χ2n) is 4.96. The molecule has 9 nitrogen and oxygen atoms in total. The number of hydrogen-bond donors (Lipinski definition) is 3. The summed E-state index contributed by atoms with van der Waals surface area (Å²) in [6, 6.07) is 8.38. The van der Waals surface area contributed by atoms with E-state index in [0.29, 0.717) is 11.1 Å². The summed E-state index contributed by atoms with van der Waals surface area (Å²) in [7, 11) is -2.54. The highest BCUT2D eigenvalue weighted by molar-refractivity contribution is 7.89. The fraction of sp³-hybridized carbons (Fsp3) is 0.0667. The van der Waals surface area contributed by atoms with Gasteiger partial charge in [-0.25, -0.2) is 9.63 Å². The van der Waals surface area contributed by atoms with Gasteiger partial charge in [0.05, 0.1) is 23.7 Å². The predicted octanol–water partition coefficient (Wildman–Crippen LogP) is 1.15. The van der Waals surface area contributed by atoms with Crippen LogP contribution in [0.15, 0.2) is 55.6 Å². The Morgan fingerprint density at radius 3 is 2.84 bits per heavy atom. The average molecular weight is 363 g/mol. The number of H-pyrrole nitrogens is 1. The number of rotatable bonds is 5. The fourth-order valence-corrected chi connectivity index (χ4v) is 2.90. The molecule has 130 valence electrons. The normalized spacial score (nSPS) is 11.9. The lowest BCUT2D eigenvalue weighted by atomic mass is 10.2. The van der Waals surface area contributed by atoms with Crippen LogP contribution in [0.2, 0.25) is 0 Å². The molecule has 0 radical (unpaired) electrons. The largest absolute Gasteiger partial charge is 0.504 e. The minimum Gasteiger partial charge on any atom is -0.504 e. The van der Waals surface area contributed by atoms with Crippen LogP contribution in [0.1, 0.15) is 5.56 Å². The molecule has 0 fully saturated rings. The topological polar surface area (TPSA) is 134 Å². The number of phenolic OH excluding ortho intramolecular Hbond substituents is 1. The third kappa shape index (κ3) is 3.48. The van der Waals surface area contributed by atoms with Crippen molar-refractivity contribution in [3.8, 4) is 11.5 Å². The highest BCUT2D eigenvalue weighted by atomic mass is 32.2. The molecule has 0 spiro atoms. The van der Waals surface area contributed by atoms with E-state index in [2.05, 4.69) is 14.9 Å². The number of ether oxygens (including phenoxy) is 1. The molecule has 0 atom stereocenters. The first-order chi connectivity index (χ1) is 11.9. The van der Waals surface area contributed by atoms with Gasteiger partial charge in [0.2, 0.25) is 0 Å². The molecule has 25 heavy (non-hydrogen) atoms. The quantitative estimate of drug-likeness (QED) is 0.460. The van der Waals surface area contributed by atoms with Gasteiger partial charge in [-0.1, -0.05) is 0 Å². The molecule has 1 aromatic heterocycles. The number of oxazole rings is 1. The average Bonchev–Trinajstić information content (AvgIpc) is 2.95. The van der Waals surface area contributed by atoms with E-state index in [1.807, 2.05) is 0 Å². The van der Waals surface area contributed by atoms with Crippen LogP contribution in [-0.4, -0.2) is 31.8 Å². The number of aromatic hydroxyl groups is 1. The lowest BCUT2D eigenvalue weighted by Crippen LogP contribution is -2.18. The Labute approximate surface area is 141 Å². The van der Waals surface area contributed by atoms with E-state index in [4.69, 9.17) is 9.15 Å². The minimum atomic E-state index is -3.94. The summed E-state index contributed by atoms with van der Waals surface area (Å²) in [4.78, 5) is 15.5. The molecule has 2 aromatic carbocycles. The van der Waals surface area contributed by atoms with Crippen molar-refractivity contribution in [2.24, 2.45) is 5.10 Å². The summed E-state index contributed by atoms with van der Waals surface area (Å²) in [6.45, 7) is 0. The van der Waals surface area contributed by atoms with Crippen molar-refractivity contribution < 1.29 is 22.7 Å². The van der Waals surface area contributed by atoms with E-state index in [1.165, 1.54) is 49.7 Å². The van der Waals surface area contributed by atoms with E-state index in [9.17, 15) is 18.3 Å². The molecule has 0 aliphatic carbocycles. The molecule has 3 N–H and O–H groups in total. The van der Waals surface area contributed by atoms with Crippen molar-refractivity contribution in [2.45, 2.75) is 4.90 Å². The molecule has 0 unspecified atom stereocenters. The third-order valence-corrected chi connectivity index (χ3v) is 4.51. The molecule has 0 saturated heterocycles. The predicted molar refractivity (Wildman–Crippen MR) is 89.4 cm³/mol. The highest BCUT2D eigenvalue weighted by Crippen LogP contribution is 2.25. The SMILES string of the molecule is COc1cc(/C=N/NS(=O)(=O)c2ccc3[nH]c(=O)oc3c2)ccc1O. The maximum absolute atomic E-state index is 12.2. The lowest BCUT2D eigenvalue weighted by Gasteiger charge is -2.04. The number of methoxy groups -OCH3 is 1. The second-order valence-corrected chi connectivity index (χ2v) is 6.62. The van der Waals surface area contributed by atoms with Crippen LogP contribution in [0.5, 0.6) is 11.5 Å². The molecule has 0 bridgehead atoms. The zero-order valence-corrected chi connectivity index (χ0v) is 13.7. The van der Waals surface area contributed by atoms with Gasteiger partial charge in [0.1, 0.15) is 0 Å². The highest BCUT2D eigenvalue weighted by Gasteiger charge is 2.15. The van der Waals surface area contributed by atoms with Gasteiger partial charge < -0.3 is 14.3 Å². The molecule has 0 aliphatic heterocycles. The van der Waals surface area contributed by atoms with Crippen LogP contribution < -0.4 is 15.3 Å². The first-order valence-corrected chi connectivity index (χ1v) is 8.42. The number of sulfonamides is 1. The molecule has 3 aromatic rings. The Balaban J connectivity index is 1.81. The van der Waals surface area contributed by atoms with Gasteiger partial charge in [0, 0.05) is 6.07 Å². The van der Waals surface area contributed by atoms with E-state index in [0.717, 1.165) is 0 Å². The molecular formula is C15H13N3O6S. The summed E-state index contributed by atoms with van der Waals surface area (Å²) in [5, 5.41) is 13.2. The summed E-state index contributed by atoms with van der Waals surface area (Å²) in [5.41, 5.74) is 1.04. The Morgan fingerprint density at radius 2 is 2.08 bits per heavy atom. The Bertz CT molecular complexity index is 1110. The Hall–Kier alpha value is -3.27. The van der Waals surface area contributed by atoms with E-state index in [-0.39, 0.29) is 22.0 Å². The molecule has 0 aliphatic rings. The molecular weight excluding hydrogens is 350 g/mol. The zero-order chi connectivity index (χ0) is 18.0. The van der Waals surface area contributed by atoms with Crippen LogP contribution in [0.4, 0.5) is 0 Å². The molecule has 3 rings (SSSR count). The summed E-state index contributed by atoms with van der Waals surface area (Å²) in [6.07, 6.45) is 1.26. The maximum atomic E-state index is 12.2. The van der Waals surface area contributed by atoms with Crippen molar-refractivity contribution in [3.63, 3.8) is 0 Å². The van der Waals surface area contributed by atoms with Crippen molar-refractivity contribution in [1.82, 2.24) is 9.82 Å². The van der Waals surface area contributed by atoms with Gasteiger partial charge in [-0.3, -0.25) is 4.98 Å². The Morgan fingerprint density at radius 1 is 1.28 bits per heavy atom. The number of aromatic amines is 1. The van der Waals surface area contributed by atoms with E-state index < -0.39 is 15.8 Å². The van der Waals surface area contributed by atoms with Crippen LogP contribution in [0, 0.1) is 0 Å². The van der Waals surface area contributed by atoms with Gasteiger partial charge in [0.15, 0.2) is 17.1 Å². The summed E-state index contributed by atoms with van der Waals surface area (Å²) >= 11 is 0. The standard InChI is InChI=1S/C15H13N3O6S/c1-23-14-6-9(2-5-12(14)19)8-16-18-25(21,22)10-3-4-11-13(7-10)24-15(20)17-11/h2-8,18-19H,1H3,(H,17,20)/b16-8+. The van der Waals surface area contributed by atoms with Crippen LogP contribution in [0.3, 0.4) is 0 Å². The smallest absolute Gasteiger partial charge is 0.417 e. The first-order valence-electron chi connectivity index (χ1n) is 6.94. The van der Waals surface area contributed by atoms with Gasteiger partial charge in [-0.05, 0) is 35.9 Å². The van der Waals surface area contributed by atoms with Gasteiger partial charge in [-0.15, -0.1) is 0 Å². The second kappa shape index (κ2) is 6.32. The van der Waals surface area contributed by atoms with Gasteiger partial charge in [0.25, 0.3) is 10.0 Å². The monoisotopic (exact) mass is 363 g/mol. The molecule has 10 heteroatoms. The number of hydrazone groups is 1. The van der Waals surface area contributed by atoms with Crippen molar-refractivity contribution in [1.29, 1.82) is 0 Å². The number of hydrogen-bond acceptors (Lipinski definition) is 7. The van der Waals surface area contributed by atoms with Crippen molar-refractivity contribution >= 4 is 27.3 Å². The summed E-state index contributed by atoms with van der Waals surface area (Å²) in [5.74, 6) is -0.474. The fourth-order valence-electron chi connectivity index (χ4n) is 2.09. The Kier molecular flexibility index (Phi) is 4.19. The first kappa shape index (κ1) is 16.6. The molecule has 1 heterocycles. The van der Waals surface area contributed by atoms with Crippen LogP contribution in [0.25, 0.3) is 11.1 Å². The number of benzene rings is 2. The number of aromatic nitrogens is 1. The minimum absolute atomic E-state index is 0.0403. The van der Waals surface area contributed by atoms with Crippen LogP contribution in [-0.2, 0) is 10.0 Å². The number of nitrogens with zero attached hydrogens (tertiary/aromatic N) is 1. The van der Waals surface area contributed by atoms with Crippen molar-refractivity contribution in [2.75, 3.05) is 7.11 Å². The third-order valence-electron chi connectivity index (χ3n) is 3.29. The molecule has 0 saturated carbocycles. The van der Waals surface area contributed by atoms with Crippen molar-refractivity contribution in [3.05, 3.63) is 52.5 Å². The lowest BCUT2D eigenvalue weighted by molar-refractivity contribution is 0.373. The zero-order valence-electron chi connectivity index (χ0n) is 12.9. The van der Waals surface area contributed by atoms with Crippen LogP contribution >= 0.6 is 0 Å². The van der Waals surface area contributed by atoms with E-state index in [1.54, 1.807) is 0 Å².